The first kappa shape index (κ1) is 16.4. The van der Waals surface area contributed by atoms with Gasteiger partial charge >= 0.3 is 0 Å². The molecule has 20 heavy (non-hydrogen) atoms. The minimum absolute atomic E-state index is 0.138. The number of amides is 1. The number of nitrogens with one attached hydrogen (secondary N) is 1. The van der Waals surface area contributed by atoms with Gasteiger partial charge in [0, 0.05) is 12.6 Å². The van der Waals surface area contributed by atoms with E-state index in [1.165, 1.54) is 18.2 Å². The van der Waals surface area contributed by atoms with E-state index in [1.807, 2.05) is 0 Å². The number of halogens is 1. The minimum atomic E-state index is -0.299. The number of hydrogen-bond acceptors (Lipinski definition) is 1. The maximum Gasteiger partial charge on any atom is 0.244 e. The van der Waals surface area contributed by atoms with E-state index in [-0.39, 0.29) is 11.7 Å². The maximum atomic E-state index is 13.0. The number of benzene rings is 1. The third-order valence-corrected chi connectivity index (χ3v) is 3.50. The van der Waals surface area contributed by atoms with Crippen LogP contribution in [-0.2, 0) is 4.79 Å². The highest BCUT2D eigenvalue weighted by molar-refractivity contribution is 5.91. The Morgan fingerprint density at radius 3 is 2.45 bits per heavy atom. The lowest BCUT2D eigenvalue weighted by Gasteiger charge is -2.24. The third kappa shape index (κ3) is 5.55. The Kier molecular flexibility index (Phi) is 6.43. The normalized spacial score (nSPS) is 11.8. The van der Waals surface area contributed by atoms with E-state index >= 15 is 0 Å². The van der Waals surface area contributed by atoms with E-state index in [4.69, 9.17) is 0 Å². The van der Waals surface area contributed by atoms with Gasteiger partial charge in [-0.2, -0.15) is 0 Å². The molecule has 0 unspecified atom stereocenters. The summed E-state index contributed by atoms with van der Waals surface area (Å²) in [5, 5.41) is 2.91. The summed E-state index contributed by atoms with van der Waals surface area (Å²) >= 11 is 0. The van der Waals surface area contributed by atoms with Crippen molar-refractivity contribution in [3.05, 3.63) is 41.7 Å². The van der Waals surface area contributed by atoms with Gasteiger partial charge in [0.1, 0.15) is 5.82 Å². The molecule has 1 N–H and O–H groups in total. The van der Waals surface area contributed by atoms with Gasteiger partial charge in [-0.15, -0.1) is 0 Å². The average Bonchev–Trinajstić information content (AvgIpc) is 2.35. The van der Waals surface area contributed by atoms with Crippen molar-refractivity contribution >= 4 is 12.0 Å². The van der Waals surface area contributed by atoms with Crippen molar-refractivity contribution in [3.63, 3.8) is 0 Å². The van der Waals surface area contributed by atoms with Crippen LogP contribution >= 0.6 is 0 Å². The summed E-state index contributed by atoms with van der Waals surface area (Å²) in [6, 6.07) is 6.17. The SMILES string of the molecule is CC(C)C(CNC(=O)/C=C/c1cccc(F)c1)C(C)C. The Morgan fingerprint density at radius 2 is 1.90 bits per heavy atom. The highest BCUT2D eigenvalue weighted by atomic mass is 19.1. The van der Waals surface area contributed by atoms with Crippen molar-refractivity contribution in [3.8, 4) is 0 Å². The maximum absolute atomic E-state index is 13.0. The zero-order valence-electron chi connectivity index (χ0n) is 12.7. The van der Waals surface area contributed by atoms with E-state index in [2.05, 4.69) is 33.0 Å². The Labute approximate surface area is 121 Å². The lowest BCUT2D eigenvalue weighted by molar-refractivity contribution is -0.116. The van der Waals surface area contributed by atoms with Gasteiger partial charge in [0.25, 0.3) is 0 Å². The topological polar surface area (TPSA) is 29.1 Å². The predicted molar refractivity (Wildman–Crippen MR) is 81.6 cm³/mol. The Balaban J connectivity index is 2.51. The molecule has 0 aliphatic carbocycles. The van der Waals surface area contributed by atoms with Crippen LogP contribution in [0.15, 0.2) is 30.3 Å². The van der Waals surface area contributed by atoms with Crippen LogP contribution in [0.4, 0.5) is 4.39 Å². The van der Waals surface area contributed by atoms with E-state index < -0.39 is 0 Å². The Bertz CT molecular complexity index is 458. The molecule has 0 heterocycles. The van der Waals surface area contributed by atoms with E-state index in [0.29, 0.717) is 29.9 Å². The molecule has 0 saturated heterocycles. The van der Waals surface area contributed by atoms with Crippen LogP contribution in [-0.4, -0.2) is 12.5 Å². The van der Waals surface area contributed by atoms with Crippen molar-refractivity contribution in [2.24, 2.45) is 17.8 Å². The van der Waals surface area contributed by atoms with Gasteiger partial charge in [0.05, 0.1) is 0 Å². The monoisotopic (exact) mass is 277 g/mol. The average molecular weight is 277 g/mol. The molecule has 0 radical (unpaired) electrons. The van der Waals surface area contributed by atoms with Crippen LogP contribution in [0.3, 0.4) is 0 Å². The summed E-state index contributed by atoms with van der Waals surface area (Å²) in [5.41, 5.74) is 0.685. The van der Waals surface area contributed by atoms with Crippen LogP contribution in [0.25, 0.3) is 6.08 Å². The molecule has 0 fully saturated rings. The predicted octanol–water partition coefficient (Wildman–Crippen LogP) is 3.88. The zero-order chi connectivity index (χ0) is 15.1. The molecular formula is C17H24FNO. The van der Waals surface area contributed by atoms with Crippen LogP contribution in [0.1, 0.15) is 33.3 Å². The van der Waals surface area contributed by atoms with Crippen molar-refractivity contribution in [1.29, 1.82) is 0 Å². The smallest absolute Gasteiger partial charge is 0.244 e. The second-order valence-corrected chi connectivity index (χ2v) is 5.79. The van der Waals surface area contributed by atoms with Crippen LogP contribution in [0, 0.1) is 23.6 Å². The van der Waals surface area contributed by atoms with Gasteiger partial charge in [-0.25, -0.2) is 4.39 Å². The number of rotatable bonds is 6. The second kappa shape index (κ2) is 7.83. The van der Waals surface area contributed by atoms with Gasteiger partial charge in [-0.1, -0.05) is 39.8 Å². The van der Waals surface area contributed by atoms with Crippen molar-refractivity contribution < 1.29 is 9.18 Å². The fourth-order valence-corrected chi connectivity index (χ4v) is 2.30. The highest BCUT2D eigenvalue weighted by Crippen LogP contribution is 2.19. The molecule has 0 aliphatic rings. The summed E-state index contributed by atoms with van der Waals surface area (Å²) in [4.78, 5) is 11.8. The van der Waals surface area contributed by atoms with Gasteiger partial charge < -0.3 is 5.32 Å². The van der Waals surface area contributed by atoms with Gasteiger partial charge in [-0.05, 0) is 41.5 Å². The molecule has 0 bridgehead atoms. The zero-order valence-corrected chi connectivity index (χ0v) is 12.7. The van der Waals surface area contributed by atoms with Crippen molar-refractivity contribution in [2.45, 2.75) is 27.7 Å². The first-order valence-electron chi connectivity index (χ1n) is 7.11. The van der Waals surface area contributed by atoms with E-state index in [9.17, 15) is 9.18 Å². The number of carbonyl (C=O) groups is 1. The molecule has 1 aromatic rings. The Hall–Kier alpha value is -1.64. The quantitative estimate of drug-likeness (QED) is 0.785. The number of carbonyl (C=O) groups excluding carboxylic acids is 1. The Morgan fingerprint density at radius 1 is 1.25 bits per heavy atom. The fourth-order valence-electron chi connectivity index (χ4n) is 2.30. The van der Waals surface area contributed by atoms with E-state index in [1.54, 1.807) is 18.2 Å². The molecule has 3 heteroatoms. The molecule has 0 saturated carbocycles. The molecular weight excluding hydrogens is 253 g/mol. The van der Waals surface area contributed by atoms with Gasteiger partial charge in [-0.3, -0.25) is 4.79 Å². The molecule has 0 aromatic heterocycles. The highest BCUT2D eigenvalue weighted by Gasteiger charge is 2.17. The van der Waals surface area contributed by atoms with Crippen LogP contribution in [0.2, 0.25) is 0 Å². The summed E-state index contributed by atoms with van der Waals surface area (Å²) in [5.74, 6) is 1.08. The van der Waals surface area contributed by atoms with Gasteiger partial charge in [0.2, 0.25) is 5.91 Å². The van der Waals surface area contributed by atoms with Crippen molar-refractivity contribution in [1.82, 2.24) is 5.32 Å². The standard InChI is InChI=1S/C17H24FNO/c1-12(2)16(13(3)4)11-19-17(20)9-8-14-6-5-7-15(18)10-14/h5-10,12-13,16H,11H2,1-4H3,(H,19,20)/b9-8+. The molecule has 110 valence electrons. The molecule has 0 aliphatic heterocycles. The molecule has 2 nitrogen and oxygen atoms in total. The van der Waals surface area contributed by atoms with Gasteiger partial charge in [0.15, 0.2) is 0 Å². The fraction of sp³-hybridized carbons (Fsp3) is 0.471. The van der Waals surface area contributed by atoms with Crippen molar-refractivity contribution in [2.75, 3.05) is 6.54 Å². The largest absolute Gasteiger partial charge is 0.352 e. The second-order valence-electron chi connectivity index (χ2n) is 5.79. The molecule has 1 amide bonds. The molecule has 0 atom stereocenters. The first-order chi connectivity index (χ1) is 9.40. The summed E-state index contributed by atoms with van der Waals surface area (Å²) in [7, 11) is 0. The number of hydrogen-bond donors (Lipinski definition) is 1. The van der Waals surface area contributed by atoms with E-state index in [0.717, 1.165) is 0 Å². The lowest BCUT2D eigenvalue weighted by Crippen LogP contribution is -2.32. The third-order valence-electron chi connectivity index (χ3n) is 3.50. The molecule has 1 rings (SSSR count). The summed E-state index contributed by atoms with van der Waals surface area (Å²) in [6.45, 7) is 9.33. The summed E-state index contributed by atoms with van der Waals surface area (Å²) in [6.07, 6.45) is 3.07. The molecule has 0 spiro atoms. The first-order valence-corrected chi connectivity index (χ1v) is 7.11. The van der Waals surface area contributed by atoms with Crippen LogP contribution in [0.5, 0.6) is 0 Å². The summed E-state index contributed by atoms with van der Waals surface area (Å²) < 4.78 is 13.0. The van der Waals surface area contributed by atoms with Crippen LogP contribution < -0.4 is 5.32 Å². The molecule has 1 aromatic carbocycles. The lowest BCUT2D eigenvalue weighted by atomic mass is 9.85. The minimum Gasteiger partial charge on any atom is -0.352 e.